The molecule has 1 atom stereocenters. The maximum atomic E-state index is 11.2. The van der Waals surface area contributed by atoms with E-state index in [9.17, 15) is 4.21 Å². The second kappa shape index (κ2) is 3.72. The molecular weight excluding hydrogens is 146 g/mol. The molecule has 0 N–H and O–H groups in total. The van der Waals surface area contributed by atoms with Crippen molar-refractivity contribution in [2.24, 2.45) is 0 Å². The molecule has 0 fully saturated rings. The van der Waals surface area contributed by atoms with Crippen LogP contribution in [0.1, 0.15) is 27.2 Å². The van der Waals surface area contributed by atoms with E-state index in [1.807, 2.05) is 26.8 Å². The fourth-order valence-corrected chi connectivity index (χ4v) is 1.33. The number of hydrogen-bond donors (Lipinski definition) is 0. The van der Waals surface area contributed by atoms with Crippen LogP contribution in [0.3, 0.4) is 0 Å². The third-order valence-electron chi connectivity index (χ3n) is 1.08. The molecule has 0 bridgehead atoms. The zero-order chi connectivity index (χ0) is 8.20. The molecule has 0 aromatic rings. The topological polar surface area (TPSA) is 40.9 Å². The summed E-state index contributed by atoms with van der Waals surface area (Å²) in [5, 5.41) is 8.20. The van der Waals surface area contributed by atoms with Gasteiger partial charge in [-0.05, 0) is 20.8 Å². The molecule has 0 aliphatic carbocycles. The highest BCUT2D eigenvalue weighted by Gasteiger charge is 2.18. The Balaban J connectivity index is 3.78. The lowest BCUT2D eigenvalue weighted by molar-refractivity contribution is 0.648. The largest absolute Gasteiger partial charge is 0.259 e. The van der Waals surface area contributed by atoms with Gasteiger partial charge >= 0.3 is 0 Å². The Bertz CT molecular complexity index is 163. The van der Waals surface area contributed by atoms with Crippen LogP contribution in [0.4, 0.5) is 0 Å². The highest BCUT2D eigenvalue weighted by molar-refractivity contribution is 7.86. The lowest BCUT2D eigenvalue weighted by Crippen LogP contribution is -2.23. The minimum absolute atomic E-state index is 0.170. The molecule has 0 heterocycles. The molecule has 0 rings (SSSR count). The summed E-state index contributed by atoms with van der Waals surface area (Å²) in [7, 11) is -0.860. The van der Waals surface area contributed by atoms with Crippen molar-refractivity contribution >= 4 is 10.8 Å². The van der Waals surface area contributed by atoms with Crippen molar-refractivity contribution in [1.29, 1.82) is 5.26 Å². The van der Waals surface area contributed by atoms with Crippen LogP contribution in [0.2, 0.25) is 0 Å². The van der Waals surface area contributed by atoms with Crippen molar-refractivity contribution in [1.82, 2.24) is 0 Å². The molecule has 10 heavy (non-hydrogen) atoms. The molecule has 0 aliphatic rings. The third-order valence-corrected chi connectivity index (χ3v) is 3.02. The van der Waals surface area contributed by atoms with Gasteiger partial charge in [0.25, 0.3) is 0 Å². The standard InChI is InChI=1S/C7H13NOS/c1-7(2,3)10(9)6-4-5-8/h4,6H2,1-3H3. The van der Waals surface area contributed by atoms with Crippen molar-refractivity contribution in [3.63, 3.8) is 0 Å². The summed E-state index contributed by atoms with van der Waals surface area (Å²) < 4.78 is 11.0. The Morgan fingerprint density at radius 1 is 1.50 bits per heavy atom. The van der Waals surface area contributed by atoms with Crippen LogP contribution < -0.4 is 0 Å². The molecule has 0 radical (unpaired) electrons. The van der Waals surface area contributed by atoms with E-state index in [2.05, 4.69) is 0 Å². The summed E-state index contributed by atoms with van der Waals surface area (Å²) in [5.41, 5.74) is 0. The first kappa shape index (κ1) is 9.64. The molecule has 0 saturated carbocycles. The van der Waals surface area contributed by atoms with E-state index in [4.69, 9.17) is 5.26 Å². The molecule has 0 amide bonds. The molecule has 0 spiro atoms. The first-order valence-electron chi connectivity index (χ1n) is 3.24. The molecule has 58 valence electrons. The van der Waals surface area contributed by atoms with Gasteiger partial charge in [-0.15, -0.1) is 0 Å². The predicted molar refractivity (Wildman–Crippen MR) is 43.0 cm³/mol. The van der Waals surface area contributed by atoms with E-state index in [-0.39, 0.29) is 4.75 Å². The van der Waals surface area contributed by atoms with Crippen LogP contribution >= 0.6 is 0 Å². The van der Waals surface area contributed by atoms with Crippen molar-refractivity contribution < 1.29 is 4.21 Å². The van der Waals surface area contributed by atoms with E-state index in [0.717, 1.165) is 0 Å². The van der Waals surface area contributed by atoms with Gasteiger partial charge in [0.1, 0.15) is 0 Å². The van der Waals surface area contributed by atoms with Crippen LogP contribution in [-0.4, -0.2) is 14.7 Å². The van der Waals surface area contributed by atoms with Gasteiger partial charge in [-0.3, -0.25) is 4.21 Å². The number of nitriles is 1. The maximum absolute atomic E-state index is 11.2. The minimum Gasteiger partial charge on any atom is -0.259 e. The first-order valence-corrected chi connectivity index (χ1v) is 4.56. The van der Waals surface area contributed by atoms with E-state index in [0.29, 0.717) is 12.2 Å². The molecule has 0 aromatic carbocycles. The van der Waals surface area contributed by atoms with Crippen LogP contribution in [0, 0.1) is 11.3 Å². The van der Waals surface area contributed by atoms with Gasteiger partial charge < -0.3 is 0 Å². The van der Waals surface area contributed by atoms with Gasteiger partial charge in [-0.1, -0.05) is 0 Å². The normalized spacial score (nSPS) is 14.2. The Morgan fingerprint density at radius 3 is 2.30 bits per heavy atom. The summed E-state index contributed by atoms with van der Waals surface area (Å²) in [4.78, 5) is 0. The van der Waals surface area contributed by atoms with E-state index >= 15 is 0 Å². The summed E-state index contributed by atoms with van der Waals surface area (Å²) in [6.45, 7) is 5.75. The summed E-state index contributed by atoms with van der Waals surface area (Å²) in [6, 6.07) is 1.98. The predicted octanol–water partition coefficient (Wildman–Crippen LogP) is 1.45. The lowest BCUT2D eigenvalue weighted by atomic mass is 10.3. The zero-order valence-electron chi connectivity index (χ0n) is 6.68. The summed E-state index contributed by atoms with van der Waals surface area (Å²) in [5.74, 6) is 0.500. The Labute approximate surface area is 64.7 Å². The van der Waals surface area contributed by atoms with Crippen LogP contribution in [0.5, 0.6) is 0 Å². The number of nitrogens with zero attached hydrogens (tertiary/aromatic N) is 1. The maximum Gasteiger partial charge on any atom is 0.0631 e. The van der Waals surface area contributed by atoms with Crippen molar-refractivity contribution in [2.75, 3.05) is 5.75 Å². The smallest absolute Gasteiger partial charge is 0.0631 e. The van der Waals surface area contributed by atoms with Gasteiger partial charge in [-0.25, -0.2) is 0 Å². The highest BCUT2D eigenvalue weighted by Crippen LogP contribution is 2.11. The SMILES string of the molecule is CC(C)(C)S(=O)CCC#N. The van der Waals surface area contributed by atoms with Gasteiger partial charge in [0, 0.05) is 27.7 Å². The molecule has 0 saturated heterocycles. The van der Waals surface area contributed by atoms with Gasteiger partial charge in [0.2, 0.25) is 0 Å². The molecular formula is C7H13NOS. The minimum atomic E-state index is -0.860. The molecule has 0 aliphatic heterocycles. The highest BCUT2D eigenvalue weighted by atomic mass is 32.2. The quantitative estimate of drug-likeness (QED) is 0.612. The van der Waals surface area contributed by atoms with E-state index in [1.54, 1.807) is 0 Å². The van der Waals surface area contributed by atoms with E-state index < -0.39 is 10.8 Å². The number of hydrogen-bond acceptors (Lipinski definition) is 2. The van der Waals surface area contributed by atoms with Crippen molar-refractivity contribution in [3.05, 3.63) is 0 Å². The molecule has 0 aromatic heterocycles. The Kier molecular flexibility index (Phi) is 3.59. The van der Waals surface area contributed by atoms with Crippen molar-refractivity contribution in [2.45, 2.75) is 31.9 Å². The monoisotopic (exact) mass is 159 g/mol. The number of rotatable bonds is 2. The van der Waals surface area contributed by atoms with E-state index in [1.165, 1.54) is 0 Å². The average Bonchev–Trinajstić information content (AvgIpc) is 1.80. The van der Waals surface area contributed by atoms with Crippen LogP contribution in [-0.2, 0) is 10.8 Å². The Hall–Kier alpha value is -0.360. The van der Waals surface area contributed by atoms with Crippen LogP contribution in [0.25, 0.3) is 0 Å². The van der Waals surface area contributed by atoms with Crippen molar-refractivity contribution in [3.8, 4) is 6.07 Å². The summed E-state index contributed by atoms with van der Waals surface area (Å²) in [6.07, 6.45) is 0.393. The first-order chi connectivity index (χ1) is 4.48. The molecule has 3 heteroatoms. The fourth-order valence-electron chi connectivity index (χ4n) is 0.445. The molecule has 1 unspecified atom stereocenters. The summed E-state index contributed by atoms with van der Waals surface area (Å²) >= 11 is 0. The second-order valence-corrected chi connectivity index (χ2v) is 5.39. The van der Waals surface area contributed by atoms with Gasteiger partial charge in [0.05, 0.1) is 6.07 Å². The van der Waals surface area contributed by atoms with Gasteiger partial charge in [-0.2, -0.15) is 5.26 Å². The third kappa shape index (κ3) is 3.62. The Morgan fingerprint density at radius 2 is 2.00 bits per heavy atom. The average molecular weight is 159 g/mol. The fraction of sp³-hybridized carbons (Fsp3) is 0.857. The second-order valence-electron chi connectivity index (χ2n) is 3.07. The van der Waals surface area contributed by atoms with Crippen LogP contribution in [0.15, 0.2) is 0 Å². The molecule has 2 nitrogen and oxygen atoms in total. The van der Waals surface area contributed by atoms with Gasteiger partial charge in [0.15, 0.2) is 0 Å². The lowest BCUT2D eigenvalue weighted by Gasteiger charge is -2.15. The zero-order valence-corrected chi connectivity index (χ0v) is 7.49.